The SMILES string of the molecule is Cc1ccccc1CC(=O)NCc1ccccc1NC(=O)C(F)(F)F. The molecule has 2 aromatic rings. The van der Waals surface area contributed by atoms with Crippen molar-refractivity contribution >= 4 is 17.5 Å². The summed E-state index contributed by atoms with van der Waals surface area (Å²) < 4.78 is 37.1. The van der Waals surface area contributed by atoms with Crippen LogP contribution in [0.25, 0.3) is 0 Å². The number of anilines is 1. The fourth-order valence-corrected chi connectivity index (χ4v) is 2.23. The molecular formula is C18H17F3N2O2. The molecule has 0 aliphatic carbocycles. The number of para-hydroxylation sites is 1. The van der Waals surface area contributed by atoms with Crippen molar-refractivity contribution in [3.05, 3.63) is 65.2 Å². The number of carbonyl (C=O) groups excluding carboxylic acids is 2. The number of benzene rings is 2. The van der Waals surface area contributed by atoms with E-state index in [2.05, 4.69) is 5.32 Å². The second kappa shape index (κ2) is 7.83. The molecular weight excluding hydrogens is 333 g/mol. The first kappa shape index (κ1) is 18.5. The molecule has 0 heterocycles. The van der Waals surface area contributed by atoms with Gasteiger partial charge in [-0.25, -0.2) is 0 Å². The maximum Gasteiger partial charge on any atom is 0.471 e. The van der Waals surface area contributed by atoms with Crippen LogP contribution in [-0.4, -0.2) is 18.0 Å². The van der Waals surface area contributed by atoms with E-state index in [-0.39, 0.29) is 24.6 Å². The van der Waals surface area contributed by atoms with Crippen LogP contribution in [0.15, 0.2) is 48.5 Å². The first-order valence-corrected chi connectivity index (χ1v) is 7.54. The van der Waals surface area contributed by atoms with E-state index in [0.29, 0.717) is 5.56 Å². The molecule has 0 unspecified atom stereocenters. The normalized spacial score (nSPS) is 11.0. The predicted octanol–water partition coefficient (Wildman–Crippen LogP) is 3.35. The Morgan fingerprint density at radius 3 is 2.20 bits per heavy atom. The third-order valence-electron chi connectivity index (χ3n) is 3.61. The number of rotatable bonds is 5. The molecule has 0 fully saturated rings. The highest BCUT2D eigenvalue weighted by atomic mass is 19.4. The van der Waals surface area contributed by atoms with Crippen molar-refractivity contribution in [1.82, 2.24) is 5.32 Å². The van der Waals surface area contributed by atoms with Crippen LogP contribution in [-0.2, 0) is 22.6 Å². The van der Waals surface area contributed by atoms with Gasteiger partial charge in [0.15, 0.2) is 0 Å². The highest BCUT2D eigenvalue weighted by Gasteiger charge is 2.38. The molecule has 0 spiro atoms. The Kier molecular flexibility index (Phi) is 5.80. The zero-order valence-electron chi connectivity index (χ0n) is 13.5. The molecule has 0 aliphatic rings. The molecule has 2 amide bonds. The molecule has 0 saturated carbocycles. The number of hydrogen-bond donors (Lipinski definition) is 2. The maximum absolute atomic E-state index is 12.4. The van der Waals surface area contributed by atoms with Crippen molar-refractivity contribution in [2.24, 2.45) is 0 Å². The monoisotopic (exact) mass is 350 g/mol. The van der Waals surface area contributed by atoms with Gasteiger partial charge >= 0.3 is 12.1 Å². The lowest BCUT2D eigenvalue weighted by molar-refractivity contribution is -0.167. The number of nitrogens with one attached hydrogen (secondary N) is 2. The summed E-state index contributed by atoms with van der Waals surface area (Å²) in [6, 6.07) is 13.5. The van der Waals surface area contributed by atoms with E-state index in [9.17, 15) is 22.8 Å². The molecule has 0 saturated heterocycles. The van der Waals surface area contributed by atoms with Crippen molar-refractivity contribution < 1.29 is 22.8 Å². The second-order valence-corrected chi connectivity index (χ2v) is 5.49. The second-order valence-electron chi connectivity index (χ2n) is 5.49. The Labute approximate surface area is 143 Å². The largest absolute Gasteiger partial charge is 0.471 e. The molecule has 2 aromatic carbocycles. The maximum atomic E-state index is 12.4. The van der Waals surface area contributed by atoms with Crippen LogP contribution in [0, 0.1) is 6.92 Å². The minimum atomic E-state index is -4.97. The lowest BCUT2D eigenvalue weighted by Crippen LogP contribution is -2.31. The molecule has 132 valence electrons. The molecule has 25 heavy (non-hydrogen) atoms. The minimum absolute atomic E-state index is 0.0129. The highest BCUT2D eigenvalue weighted by molar-refractivity contribution is 5.95. The predicted molar refractivity (Wildman–Crippen MR) is 87.9 cm³/mol. The van der Waals surface area contributed by atoms with Gasteiger partial charge in [0.05, 0.1) is 6.42 Å². The summed E-state index contributed by atoms with van der Waals surface area (Å²) in [5, 5.41) is 4.47. The summed E-state index contributed by atoms with van der Waals surface area (Å²) in [7, 11) is 0. The number of amides is 2. The summed E-state index contributed by atoms with van der Waals surface area (Å²) in [6.45, 7) is 1.91. The molecule has 4 nitrogen and oxygen atoms in total. The van der Waals surface area contributed by atoms with Crippen LogP contribution >= 0.6 is 0 Å². The molecule has 0 radical (unpaired) electrons. The number of halogens is 3. The third kappa shape index (κ3) is 5.34. The topological polar surface area (TPSA) is 58.2 Å². The van der Waals surface area contributed by atoms with Gasteiger partial charge in [-0.2, -0.15) is 13.2 Å². The van der Waals surface area contributed by atoms with Crippen LogP contribution in [0.3, 0.4) is 0 Å². The molecule has 0 aliphatic heterocycles. The van der Waals surface area contributed by atoms with Gasteiger partial charge in [0.25, 0.3) is 0 Å². The number of hydrogen-bond acceptors (Lipinski definition) is 2. The standard InChI is InChI=1S/C18H17F3N2O2/c1-12-6-2-3-7-13(12)10-16(24)22-11-14-8-4-5-9-15(14)23-17(25)18(19,20)21/h2-9H,10-11H2,1H3,(H,22,24)(H,23,25). The Hall–Kier alpha value is -2.83. The zero-order valence-corrected chi connectivity index (χ0v) is 13.5. The fraction of sp³-hybridized carbons (Fsp3) is 0.222. The number of alkyl halides is 3. The van der Waals surface area contributed by atoms with Crippen LogP contribution in [0.2, 0.25) is 0 Å². The zero-order chi connectivity index (χ0) is 18.4. The van der Waals surface area contributed by atoms with Crippen molar-refractivity contribution in [2.45, 2.75) is 26.1 Å². The van der Waals surface area contributed by atoms with Crippen molar-refractivity contribution in [3.63, 3.8) is 0 Å². The third-order valence-corrected chi connectivity index (χ3v) is 3.61. The molecule has 2 rings (SSSR count). The first-order valence-electron chi connectivity index (χ1n) is 7.54. The number of carbonyl (C=O) groups is 2. The minimum Gasteiger partial charge on any atom is -0.352 e. The Morgan fingerprint density at radius 2 is 1.56 bits per heavy atom. The van der Waals surface area contributed by atoms with E-state index < -0.39 is 12.1 Å². The lowest BCUT2D eigenvalue weighted by atomic mass is 10.1. The average molecular weight is 350 g/mol. The van der Waals surface area contributed by atoms with Gasteiger partial charge in [0.1, 0.15) is 0 Å². The molecule has 2 N–H and O–H groups in total. The summed E-state index contributed by atoms with van der Waals surface area (Å²) in [5.41, 5.74) is 2.26. The smallest absolute Gasteiger partial charge is 0.352 e. The summed E-state index contributed by atoms with van der Waals surface area (Å²) in [4.78, 5) is 23.1. The summed E-state index contributed by atoms with van der Waals surface area (Å²) >= 11 is 0. The van der Waals surface area contributed by atoms with E-state index in [1.807, 2.05) is 36.5 Å². The lowest BCUT2D eigenvalue weighted by Gasteiger charge is -2.13. The van der Waals surface area contributed by atoms with E-state index in [4.69, 9.17) is 0 Å². The van der Waals surface area contributed by atoms with Gasteiger partial charge in [-0.15, -0.1) is 0 Å². The van der Waals surface area contributed by atoms with E-state index in [1.165, 1.54) is 12.1 Å². The van der Waals surface area contributed by atoms with Crippen LogP contribution < -0.4 is 10.6 Å². The van der Waals surface area contributed by atoms with Gasteiger partial charge in [-0.3, -0.25) is 9.59 Å². The van der Waals surface area contributed by atoms with Gasteiger partial charge in [-0.1, -0.05) is 42.5 Å². The highest BCUT2D eigenvalue weighted by Crippen LogP contribution is 2.21. The summed E-state index contributed by atoms with van der Waals surface area (Å²) in [5.74, 6) is -2.31. The molecule has 0 atom stereocenters. The molecule has 0 aromatic heterocycles. The Bertz CT molecular complexity index is 773. The van der Waals surface area contributed by atoms with E-state index in [0.717, 1.165) is 11.1 Å². The molecule has 0 bridgehead atoms. The first-order chi connectivity index (χ1) is 11.8. The van der Waals surface area contributed by atoms with Crippen LogP contribution in [0.1, 0.15) is 16.7 Å². The van der Waals surface area contributed by atoms with Gasteiger partial charge < -0.3 is 10.6 Å². The van der Waals surface area contributed by atoms with E-state index >= 15 is 0 Å². The van der Waals surface area contributed by atoms with Crippen LogP contribution in [0.5, 0.6) is 0 Å². The van der Waals surface area contributed by atoms with Crippen molar-refractivity contribution in [1.29, 1.82) is 0 Å². The van der Waals surface area contributed by atoms with Gasteiger partial charge in [0.2, 0.25) is 5.91 Å². The van der Waals surface area contributed by atoms with Gasteiger partial charge in [-0.05, 0) is 29.7 Å². The van der Waals surface area contributed by atoms with Crippen molar-refractivity contribution in [2.75, 3.05) is 5.32 Å². The fourth-order valence-electron chi connectivity index (χ4n) is 2.23. The Morgan fingerprint density at radius 1 is 0.960 bits per heavy atom. The van der Waals surface area contributed by atoms with E-state index in [1.54, 1.807) is 12.1 Å². The summed E-state index contributed by atoms with van der Waals surface area (Å²) in [6.07, 6.45) is -4.80. The average Bonchev–Trinajstić information content (AvgIpc) is 2.55. The Balaban J connectivity index is 2.00. The van der Waals surface area contributed by atoms with Gasteiger partial charge in [0, 0.05) is 12.2 Å². The number of aryl methyl sites for hydroxylation is 1. The quantitative estimate of drug-likeness (QED) is 0.869. The van der Waals surface area contributed by atoms with Crippen LogP contribution in [0.4, 0.5) is 18.9 Å². The van der Waals surface area contributed by atoms with Crippen molar-refractivity contribution in [3.8, 4) is 0 Å². The molecule has 7 heteroatoms.